The first-order valence-electron chi connectivity index (χ1n) is 6.41. The van der Waals surface area contributed by atoms with E-state index in [1.54, 1.807) is 4.68 Å². The van der Waals surface area contributed by atoms with Gasteiger partial charge in [-0.05, 0) is 24.6 Å². The molecule has 20 heavy (non-hydrogen) atoms. The van der Waals surface area contributed by atoms with E-state index in [0.717, 1.165) is 23.4 Å². The summed E-state index contributed by atoms with van der Waals surface area (Å²) >= 11 is 0. The smallest absolute Gasteiger partial charge is 0.276 e. The first kappa shape index (κ1) is 12.4. The van der Waals surface area contributed by atoms with Crippen molar-refractivity contribution in [1.29, 1.82) is 0 Å². The second-order valence-electron chi connectivity index (χ2n) is 4.51. The minimum atomic E-state index is 0.443. The SMILES string of the molecule is CCc1cc(-c2nc(-c3ccccc3N)no2)n(C)n1. The molecule has 0 aliphatic carbocycles. The normalized spacial score (nSPS) is 10.9. The van der Waals surface area contributed by atoms with Crippen LogP contribution in [0.25, 0.3) is 23.0 Å². The summed E-state index contributed by atoms with van der Waals surface area (Å²) in [5.41, 5.74) is 9.09. The molecule has 0 amide bonds. The highest BCUT2D eigenvalue weighted by atomic mass is 16.5. The Bertz CT molecular complexity index is 744. The lowest BCUT2D eigenvalue weighted by Gasteiger charge is -1.98. The van der Waals surface area contributed by atoms with Crippen molar-refractivity contribution in [3.63, 3.8) is 0 Å². The molecule has 0 atom stereocenters. The Morgan fingerprint density at radius 3 is 2.80 bits per heavy atom. The van der Waals surface area contributed by atoms with Crippen molar-refractivity contribution in [1.82, 2.24) is 19.9 Å². The highest BCUT2D eigenvalue weighted by molar-refractivity contribution is 5.71. The van der Waals surface area contributed by atoms with Crippen LogP contribution in [0.15, 0.2) is 34.9 Å². The van der Waals surface area contributed by atoms with Gasteiger partial charge in [-0.1, -0.05) is 24.2 Å². The first-order chi connectivity index (χ1) is 9.69. The van der Waals surface area contributed by atoms with Crippen LogP contribution < -0.4 is 5.73 Å². The maximum atomic E-state index is 5.92. The lowest BCUT2D eigenvalue weighted by Crippen LogP contribution is -1.94. The molecule has 3 rings (SSSR count). The van der Waals surface area contributed by atoms with Crippen LogP contribution in [0.3, 0.4) is 0 Å². The number of aromatic nitrogens is 4. The van der Waals surface area contributed by atoms with Gasteiger partial charge in [-0.25, -0.2) is 0 Å². The zero-order valence-electron chi connectivity index (χ0n) is 11.4. The average Bonchev–Trinajstić information content (AvgIpc) is 3.05. The largest absolute Gasteiger partial charge is 0.398 e. The quantitative estimate of drug-likeness (QED) is 0.737. The third-order valence-electron chi connectivity index (χ3n) is 3.14. The third kappa shape index (κ3) is 2.05. The van der Waals surface area contributed by atoms with Gasteiger partial charge < -0.3 is 10.3 Å². The van der Waals surface area contributed by atoms with E-state index < -0.39 is 0 Å². The van der Waals surface area contributed by atoms with Gasteiger partial charge in [0.05, 0.1) is 5.69 Å². The molecule has 0 aliphatic heterocycles. The van der Waals surface area contributed by atoms with E-state index in [4.69, 9.17) is 10.3 Å². The molecule has 3 aromatic rings. The fourth-order valence-corrected chi connectivity index (χ4v) is 2.04. The van der Waals surface area contributed by atoms with Crippen LogP contribution in [-0.2, 0) is 13.5 Å². The van der Waals surface area contributed by atoms with Crippen LogP contribution in [0, 0.1) is 0 Å². The van der Waals surface area contributed by atoms with Gasteiger partial charge in [0.25, 0.3) is 5.89 Å². The van der Waals surface area contributed by atoms with Gasteiger partial charge in [-0.2, -0.15) is 10.1 Å². The van der Waals surface area contributed by atoms with Gasteiger partial charge in [0.2, 0.25) is 5.82 Å². The molecular weight excluding hydrogens is 254 g/mol. The van der Waals surface area contributed by atoms with Gasteiger partial charge in [0, 0.05) is 18.3 Å². The lowest BCUT2D eigenvalue weighted by molar-refractivity contribution is 0.428. The zero-order valence-corrected chi connectivity index (χ0v) is 11.4. The van der Waals surface area contributed by atoms with E-state index in [-0.39, 0.29) is 0 Å². The van der Waals surface area contributed by atoms with Crippen molar-refractivity contribution in [3.8, 4) is 23.0 Å². The van der Waals surface area contributed by atoms with Crippen LogP contribution in [0.2, 0.25) is 0 Å². The molecule has 1 aromatic carbocycles. The minimum absolute atomic E-state index is 0.443. The molecule has 2 heterocycles. The molecule has 2 aromatic heterocycles. The summed E-state index contributed by atoms with van der Waals surface area (Å²) in [5, 5.41) is 8.36. The Balaban J connectivity index is 2.02. The highest BCUT2D eigenvalue weighted by Crippen LogP contribution is 2.26. The Morgan fingerprint density at radius 2 is 2.10 bits per heavy atom. The number of hydrogen-bond donors (Lipinski definition) is 1. The van der Waals surface area contributed by atoms with E-state index in [0.29, 0.717) is 17.4 Å². The van der Waals surface area contributed by atoms with Crippen LogP contribution >= 0.6 is 0 Å². The summed E-state index contributed by atoms with van der Waals surface area (Å²) in [6.45, 7) is 2.05. The maximum Gasteiger partial charge on any atom is 0.276 e. The molecule has 0 unspecified atom stereocenters. The van der Waals surface area contributed by atoms with Gasteiger partial charge in [0.1, 0.15) is 5.69 Å². The van der Waals surface area contributed by atoms with Crippen molar-refractivity contribution in [2.45, 2.75) is 13.3 Å². The van der Waals surface area contributed by atoms with Gasteiger partial charge >= 0.3 is 0 Å². The van der Waals surface area contributed by atoms with Gasteiger partial charge in [0.15, 0.2) is 0 Å². The third-order valence-corrected chi connectivity index (χ3v) is 3.14. The van der Waals surface area contributed by atoms with E-state index in [1.165, 1.54) is 0 Å². The number of anilines is 1. The molecule has 6 nitrogen and oxygen atoms in total. The van der Waals surface area contributed by atoms with E-state index in [9.17, 15) is 0 Å². The molecule has 0 spiro atoms. The number of hydrogen-bond acceptors (Lipinski definition) is 5. The molecule has 0 saturated heterocycles. The maximum absolute atomic E-state index is 5.92. The monoisotopic (exact) mass is 269 g/mol. The number of nitrogens with zero attached hydrogens (tertiary/aromatic N) is 4. The fourth-order valence-electron chi connectivity index (χ4n) is 2.04. The standard InChI is InChI=1S/C14H15N5O/c1-3-9-8-12(19(2)17-9)14-16-13(18-20-14)10-6-4-5-7-11(10)15/h4-8H,3,15H2,1-2H3. The average molecular weight is 269 g/mol. The molecule has 102 valence electrons. The number of benzene rings is 1. The number of aryl methyl sites for hydroxylation is 2. The van der Waals surface area contributed by atoms with E-state index >= 15 is 0 Å². The number of para-hydroxylation sites is 1. The van der Waals surface area contributed by atoms with Crippen molar-refractivity contribution < 1.29 is 4.52 Å². The van der Waals surface area contributed by atoms with Crippen molar-refractivity contribution >= 4 is 5.69 Å². The van der Waals surface area contributed by atoms with Gasteiger partial charge in [-0.3, -0.25) is 4.68 Å². The molecule has 0 aliphatic rings. The fraction of sp³-hybridized carbons (Fsp3) is 0.214. The minimum Gasteiger partial charge on any atom is -0.398 e. The van der Waals surface area contributed by atoms with E-state index in [1.807, 2.05) is 37.4 Å². The molecule has 0 radical (unpaired) electrons. The summed E-state index contributed by atoms with van der Waals surface area (Å²) in [4.78, 5) is 4.40. The molecule has 0 saturated carbocycles. The summed E-state index contributed by atoms with van der Waals surface area (Å²) in [6, 6.07) is 9.39. The molecule has 6 heteroatoms. The van der Waals surface area contributed by atoms with Crippen LogP contribution in [0.1, 0.15) is 12.6 Å². The van der Waals surface area contributed by atoms with Crippen molar-refractivity contribution in [2.24, 2.45) is 7.05 Å². The molecule has 0 bridgehead atoms. The number of rotatable bonds is 3. The van der Waals surface area contributed by atoms with E-state index in [2.05, 4.69) is 22.2 Å². The van der Waals surface area contributed by atoms with Gasteiger partial charge in [-0.15, -0.1) is 0 Å². The summed E-state index contributed by atoms with van der Waals surface area (Å²) in [6.07, 6.45) is 0.862. The highest BCUT2D eigenvalue weighted by Gasteiger charge is 2.16. The molecule has 2 N–H and O–H groups in total. The van der Waals surface area contributed by atoms with Crippen LogP contribution in [0.4, 0.5) is 5.69 Å². The second kappa shape index (κ2) is 4.80. The Morgan fingerprint density at radius 1 is 1.30 bits per heavy atom. The second-order valence-corrected chi connectivity index (χ2v) is 4.51. The first-order valence-corrected chi connectivity index (χ1v) is 6.41. The van der Waals surface area contributed by atoms with Crippen LogP contribution in [-0.4, -0.2) is 19.9 Å². The summed E-state index contributed by atoms with van der Waals surface area (Å²) in [7, 11) is 1.86. The van der Waals surface area contributed by atoms with Crippen LogP contribution in [0.5, 0.6) is 0 Å². The Labute approximate surface area is 116 Å². The predicted molar refractivity (Wildman–Crippen MR) is 75.7 cm³/mol. The zero-order chi connectivity index (χ0) is 14.1. The molecule has 0 fully saturated rings. The lowest BCUT2D eigenvalue weighted by atomic mass is 10.2. The summed E-state index contributed by atoms with van der Waals surface area (Å²) < 4.78 is 7.06. The number of nitrogen functional groups attached to an aromatic ring is 1. The predicted octanol–water partition coefficient (Wildman–Crippen LogP) is 2.28. The Hall–Kier alpha value is -2.63. The summed E-state index contributed by atoms with van der Waals surface area (Å²) in [5.74, 6) is 0.926. The van der Waals surface area contributed by atoms with Crippen molar-refractivity contribution in [3.05, 3.63) is 36.0 Å². The Kier molecular flexibility index (Phi) is 2.98. The van der Waals surface area contributed by atoms with Crippen molar-refractivity contribution in [2.75, 3.05) is 5.73 Å². The number of nitrogens with two attached hydrogens (primary N) is 1. The molecular formula is C14H15N5O. The topological polar surface area (TPSA) is 82.8 Å².